The summed E-state index contributed by atoms with van der Waals surface area (Å²) >= 11 is 1.10. The molecule has 42 heavy (non-hydrogen) atoms. The van der Waals surface area contributed by atoms with Gasteiger partial charge in [-0.2, -0.15) is 13.2 Å². The number of nitrogen functional groups attached to an aromatic ring is 1. The number of carboxylic acid groups (broad SMARTS) is 1. The van der Waals surface area contributed by atoms with E-state index in [9.17, 15) is 37.5 Å². The maximum Gasteiger partial charge on any atom is 1.00 e. The number of aromatic nitrogens is 1. The van der Waals surface area contributed by atoms with E-state index in [4.69, 9.17) is 10.6 Å². The van der Waals surface area contributed by atoms with Crippen LogP contribution in [0.2, 0.25) is 0 Å². The molecule has 0 aromatic carbocycles. The normalized spacial score (nSPS) is 24.1. The van der Waals surface area contributed by atoms with Crippen molar-refractivity contribution < 1.29 is 73.3 Å². The van der Waals surface area contributed by atoms with Crippen LogP contribution in [0.1, 0.15) is 52.1 Å². The predicted octanol–water partition coefficient (Wildman–Crippen LogP) is -0.946. The van der Waals surface area contributed by atoms with Crippen LogP contribution < -0.4 is 40.6 Å². The third kappa shape index (κ3) is 6.66. The fraction of sp³-hybridized carbons (Fsp3) is 0.520. The summed E-state index contributed by atoms with van der Waals surface area (Å²) in [4.78, 5) is 62.4. The van der Waals surface area contributed by atoms with E-state index in [-0.39, 0.29) is 96.3 Å². The number of oxime groups is 1. The second kappa shape index (κ2) is 12.7. The van der Waals surface area contributed by atoms with Gasteiger partial charge >= 0.3 is 41.7 Å². The molecule has 2 saturated heterocycles. The molecule has 17 heteroatoms. The standard InChI is InChI=1S/C25H27F3N6O6S.Na.H/c26-25(27,28)11-33-8-7-13(21(33)36)9-12-5-6-16-18(22(37)34(16)19(12)23(38)39)31-20(35)17(15-10-41-24(29)30-15)32-40-14-3-1-2-4-14;;/h9-10,14,16,18H,1-8,11H2,(H2,29,30)(H,31,35)(H,38,39);;/q;+1;-1/b13-9+,32-17-;;/t16-,18+;;/m1../s1. The minimum absolute atomic E-state index is 0. The number of likely N-dealkylation sites (tertiary alicyclic amines) is 1. The van der Waals surface area contributed by atoms with E-state index in [1.54, 1.807) is 0 Å². The van der Waals surface area contributed by atoms with E-state index < -0.39 is 48.5 Å². The molecule has 2 atom stereocenters. The number of fused-ring (bicyclic) bond motifs is 1. The Morgan fingerprint density at radius 2 is 1.98 bits per heavy atom. The number of nitrogens with zero attached hydrogens (tertiary/aromatic N) is 4. The average molecular weight is 621 g/mol. The number of β-lactam (4-membered cyclic amide) rings is 1. The van der Waals surface area contributed by atoms with Crippen LogP contribution in [0, 0.1) is 0 Å². The SMILES string of the molecule is Nc1nc(/C(=N/OC2CCCC2)C(=O)N[C@@H]2C(=O)N3C(C(=O)O)=C(/C=C4\CCN(CC(F)(F)F)C4=O)CC[C@H]23)cs1.[H-].[Na+]. The minimum Gasteiger partial charge on any atom is -1.00 e. The largest absolute Gasteiger partial charge is 1.00 e. The van der Waals surface area contributed by atoms with Gasteiger partial charge in [0.15, 0.2) is 10.8 Å². The maximum absolute atomic E-state index is 13.2. The third-order valence-electron chi connectivity index (χ3n) is 7.47. The van der Waals surface area contributed by atoms with Gasteiger partial charge in [0, 0.05) is 17.5 Å². The van der Waals surface area contributed by atoms with Gasteiger partial charge in [-0.05, 0) is 56.6 Å². The molecule has 3 amide bonds. The van der Waals surface area contributed by atoms with E-state index in [1.807, 2.05) is 0 Å². The Balaban J connectivity index is 0.00000253. The van der Waals surface area contributed by atoms with Gasteiger partial charge in [-0.1, -0.05) is 5.16 Å². The van der Waals surface area contributed by atoms with E-state index in [0.29, 0.717) is 4.90 Å². The summed E-state index contributed by atoms with van der Waals surface area (Å²) in [5, 5.41) is 18.3. The number of halogens is 3. The molecule has 0 unspecified atom stereocenters. The van der Waals surface area contributed by atoms with Crippen LogP contribution in [-0.4, -0.2) is 86.7 Å². The second-order valence-corrected chi connectivity index (χ2v) is 11.1. The van der Waals surface area contributed by atoms with E-state index >= 15 is 0 Å². The fourth-order valence-corrected chi connectivity index (χ4v) is 6.09. The Hall–Kier alpha value is -2.95. The first-order valence-electron chi connectivity index (χ1n) is 13.0. The van der Waals surface area contributed by atoms with E-state index in [2.05, 4.69) is 15.5 Å². The number of anilines is 1. The number of thiazole rings is 1. The smallest absolute Gasteiger partial charge is 1.00 e. The molecule has 1 aliphatic carbocycles. The molecule has 0 spiro atoms. The Bertz CT molecular complexity index is 1380. The van der Waals surface area contributed by atoms with Crippen molar-refractivity contribution in [3.8, 4) is 0 Å². The number of carboxylic acids is 1. The molecular weight excluding hydrogens is 592 g/mol. The molecule has 222 valence electrons. The van der Waals surface area contributed by atoms with Crippen molar-refractivity contribution in [3.05, 3.63) is 34.0 Å². The molecule has 4 N–H and O–H groups in total. The number of nitrogens with two attached hydrogens (primary N) is 1. The number of amides is 3. The zero-order valence-electron chi connectivity index (χ0n) is 23.6. The Labute approximate surface area is 265 Å². The number of nitrogens with one attached hydrogen (secondary N) is 1. The molecule has 1 aromatic heterocycles. The Kier molecular flexibility index (Phi) is 9.69. The number of allylic oxidation sites excluding steroid dienone is 2. The number of carbonyl (C=O) groups excluding carboxylic acids is 3. The van der Waals surface area contributed by atoms with Crippen molar-refractivity contribution in [2.45, 2.75) is 69.3 Å². The van der Waals surface area contributed by atoms with Gasteiger partial charge in [0.1, 0.15) is 30.1 Å². The number of hydrogen-bond acceptors (Lipinski definition) is 9. The zero-order valence-corrected chi connectivity index (χ0v) is 25.5. The number of carbonyl (C=O) groups is 4. The number of rotatable bonds is 8. The van der Waals surface area contributed by atoms with Crippen LogP contribution in [0.4, 0.5) is 18.3 Å². The molecule has 4 aliphatic rings. The van der Waals surface area contributed by atoms with Gasteiger partial charge < -0.3 is 27.3 Å². The monoisotopic (exact) mass is 620 g/mol. The number of hydrogen-bond donors (Lipinski definition) is 3. The summed E-state index contributed by atoms with van der Waals surface area (Å²) in [5.74, 6) is -3.67. The van der Waals surface area contributed by atoms with Crippen LogP contribution >= 0.6 is 11.3 Å². The van der Waals surface area contributed by atoms with Gasteiger partial charge in [0.2, 0.25) is 5.91 Å². The molecule has 3 fully saturated rings. The van der Waals surface area contributed by atoms with Crippen LogP contribution in [0.15, 0.2) is 33.5 Å². The number of aliphatic carboxylic acids is 1. The van der Waals surface area contributed by atoms with E-state index in [0.717, 1.165) is 41.9 Å². The van der Waals surface area contributed by atoms with Crippen molar-refractivity contribution in [1.82, 2.24) is 20.1 Å². The van der Waals surface area contributed by atoms with Crippen molar-refractivity contribution in [1.29, 1.82) is 0 Å². The van der Waals surface area contributed by atoms with Crippen molar-refractivity contribution >= 4 is 45.9 Å². The summed E-state index contributed by atoms with van der Waals surface area (Å²) in [6.45, 7) is -1.54. The summed E-state index contributed by atoms with van der Waals surface area (Å²) in [6.07, 6.45) is 0.537. The molecule has 4 heterocycles. The Morgan fingerprint density at radius 1 is 1.26 bits per heavy atom. The summed E-state index contributed by atoms with van der Waals surface area (Å²) < 4.78 is 38.3. The fourth-order valence-electron chi connectivity index (χ4n) is 5.54. The van der Waals surface area contributed by atoms with Gasteiger partial charge in [0.05, 0.1) is 6.04 Å². The molecule has 1 saturated carbocycles. The van der Waals surface area contributed by atoms with Gasteiger partial charge in [0.25, 0.3) is 11.8 Å². The zero-order chi connectivity index (χ0) is 29.5. The summed E-state index contributed by atoms with van der Waals surface area (Å²) in [7, 11) is 0. The van der Waals surface area contributed by atoms with Gasteiger partial charge in [-0.15, -0.1) is 11.3 Å². The van der Waals surface area contributed by atoms with Crippen LogP contribution in [0.5, 0.6) is 0 Å². The molecule has 3 aliphatic heterocycles. The summed E-state index contributed by atoms with van der Waals surface area (Å²) in [6, 6.07) is -1.73. The van der Waals surface area contributed by atoms with Crippen molar-refractivity contribution in [3.63, 3.8) is 0 Å². The van der Waals surface area contributed by atoms with Gasteiger partial charge in [-0.25, -0.2) is 9.78 Å². The van der Waals surface area contributed by atoms with Gasteiger partial charge in [-0.3, -0.25) is 19.3 Å². The average Bonchev–Trinajstić information content (AvgIpc) is 3.65. The minimum atomic E-state index is -4.56. The molecule has 12 nitrogen and oxygen atoms in total. The third-order valence-corrected chi connectivity index (χ3v) is 8.14. The van der Waals surface area contributed by atoms with Crippen molar-refractivity contribution in [2.75, 3.05) is 18.8 Å². The molecule has 5 rings (SSSR count). The Morgan fingerprint density at radius 3 is 2.60 bits per heavy atom. The van der Waals surface area contributed by atoms with Crippen LogP contribution in [0.25, 0.3) is 0 Å². The maximum atomic E-state index is 13.2. The molecule has 0 bridgehead atoms. The van der Waals surface area contributed by atoms with Crippen molar-refractivity contribution in [2.24, 2.45) is 5.16 Å². The predicted molar refractivity (Wildman–Crippen MR) is 139 cm³/mol. The molecular formula is C25H28F3N6NaO6S. The van der Waals surface area contributed by atoms with Crippen LogP contribution in [0.3, 0.4) is 0 Å². The molecule has 0 radical (unpaired) electrons. The first-order valence-corrected chi connectivity index (χ1v) is 13.9. The first kappa shape index (κ1) is 32.0. The summed E-state index contributed by atoms with van der Waals surface area (Å²) in [5.41, 5.74) is 5.58. The topological polar surface area (TPSA) is 168 Å². The second-order valence-electron chi connectivity index (χ2n) is 10.2. The van der Waals surface area contributed by atoms with Crippen LogP contribution in [-0.2, 0) is 24.0 Å². The first-order chi connectivity index (χ1) is 19.4. The number of alkyl halides is 3. The quantitative estimate of drug-likeness (QED) is 0.110. The molecule has 1 aromatic rings. The van der Waals surface area contributed by atoms with E-state index in [1.165, 1.54) is 11.5 Å².